The first-order valence-corrected chi connectivity index (χ1v) is 8.85. The SMILES string of the molecule is CC.CCC(C)c1cc(C#N)ccc1-c1ccc(-n2ccnc2)cc1. The van der Waals surface area contributed by atoms with E-state index in [4.69, 9.17) is 5.26 Å². The third kappa shape index (κ3) is 4.16. The molecule has 3 nitrogen and oxygen atoms in total. The van der Waals surface area contributed by atoms with Gasteiger partial charge in [0.25, 0.3) is 0 Å². The second-order valence-corrected chi connectivity index (χ2v) is 5.74. The van der Waals surface area contributed by atoms with E-state index in [9.17, 15) is 0 Å². The van der Waals surface area contributed by atoms with Crippen molar-refractivity contribution < 1.29 is 0 Å². The predicted octanol–water partition coefficient (Wildman–Crippen LogP) is 5.95. The zero-order valence-electron chi connectivity index (χ0n) is 15.4. The van der Waals surface area contributed by atoms with Crippen molar-refractivity contribution >= 4 is 0 Å². The van der Waals surface area contributed by atoms with Crippen molar-refractivity contribution in [3.63, 3.8) is 0 Å². The molecule has 0 N–H and O–H groups in total. The first-order chi connectivity index (χ1) is 12.2. The smallest absolute Gasteiger partial charge is 0.0991 e. The standard InChI is InChI=1S/C20H19N3.C2H6/c1-3-15(2)20-12-16(13-21)4-9-19(20)17-5-7-18(8-6-17)23-11-10-22-14-23;1-2/h4-12,14-15H,3H2,1-2H3;1-2H3. The minimum Gasteiger partial charge on any atom is -0.306 e. The largest absolute Gasteiger partial charge is 0.306 e. The van der Waals surface area contributed by atoms with Crippen molar-refractivity contribution in [3.8, 4) is 22.9 Å². The number of hydrogen-bond donors (Lipinski definition) is 0. The summed E-state index contributed by atoms with van der Waals surface area (Å²) in [6, 6.07) is 16.7. The summed E-state index contributed by atoms with van der Waals surface area (Å²) in [6.07, 6.45) is 6.55. The highest BCUT2D eigenvalue weighted by molar-refractivity contribution is 5.70. The van der Waals surface area contributed by atoms with Crippen molar-refractivity contribution in [2.24, 2.45) is 0 Å². The zero-order chi connectivity index (χ0) is 18.2. The van der Waals surface area contributed by atoms with Gasteiger partial charge in [-0.1, -0.05) is 45.9 Å². The van der Waals surface area contributed by atoms with Crippen LogP contribution < -0.4 is 0 Å². The van der Waals surface area contributed by atoms with Crippen LogP contribution in [-0.4, -0.2) is 9.55 Å². The Kier molecular flexibility index (Phi) is 6.54. The second-order valence-electron chi connectivity index (χ2n) is 5.74. The molecule has 0 radical (unpaired) electrons. The number of nitrogens with zero attached hydrogens (tertiary/aromatic N) is 3. The molecule has 0 saturated carbocycles. The first-order valence-electron chi connectivity index (χ1n) is 8.85. The molecule has 0 aliphatic heterocycles. The fourth-order valence-electron chi connectivity index (χ4n) is 2.75. The van der Waals surface area contributed by atoms with Crippen molar-refractivity contribution in [3.05, 3.63) is 72.3 Å². The maximum absolute atomic E-state index is 9.16. The quantitative estimate of drug-likeness (QED) is 0.592. The summed E-state index contributed by atoms with van der Waals surface area (Å²) in [5.74, 6) is 0.423. The average Bonchev–Trinajstić information content (AvgIpc) is 3.23. The predicted molar refractivity (Wildman–Crippen MR) is 104 cm³/mol. The number of benzene rings is 2. The van der Waals surface area contributed by atoms with Gasteiger partial charge in [0, 0.05) is 18.1 Å². The normalized spacial score (nSPS) is 11.2. The molecule has 0 aliphatic carbocycles. The third-order valence-electron chi connectivity index (χ3n) is 4.30. The summed E-state index contributed by atoms with van der Waals surface area (Å²) in [6.45, 7) is 8.38. The second kappa shape index (κ2) is 8.84. The Labute approximate surface area is 150 Å². The Morgan fingerprint density at radius 2 is 1.84 bits per heavy atom. The summed E-state index contributed by atoms with van der Waals surface area (Å²) in [5, 5.41) is 9.16. The summed E-state index contributed by atoms with van der Waals surface area (Å²) < 4.78 is 1.98. The van der Waals surface area contributed by atoms with E-state index in [1.165, 1.54) is 16.7 Å². The van der Waals surface area contributed by atoms with Crippen LogP contribution in [0.15, 0.2) is 61.2 Å². The van der Waals surface area contributed by atoms with Gasteiger partial charge >= 0.3 is 0 Å². The number of aromatic nitrogens is 2. The molecular formula is C22H25N3. The van der Waals surface area contributed by atoms with Crippen molar-refractivity contribution in [2.75, 3.05) is 0 Å². The highest BCUT2D eigenvalue weighted by Gasteiger charge is 2.12. The minimum atomic E-state index is 0.423. The van der Waals surface area contributed by atoms with E-state index >= 15 is 0 Å². The molecular weight excluding hydrogens is 306 g/mol. The van der Waals surface area contributed by atoms with E-state index in [2.05, 4.69) is 55.2 Å². The van der Waals surface area contributed by atoms with E-state index in [1.807, 2.05) is 36.7 Å². The van der Waals surface area contributed by atoms with E-state index < -0.39 is 0 Å². The van der Waals surface area contributed by atoms with Gasteiger partial charge in [-0.25, -0.2) is 4.98 Å². The molecule has 0 fully saturated rings. The molecule has 1 atom stereocenters. The van der Waals surface area contributed by atoms with E-state index in [1.54, 1.807) is 12.5 Å². The van der Waals surface area contributed by atoms with Crippen LogP contribution in [0.5, 0.6) is 0 Å². The van der Waals surface area contributed by atoms with Crippen LogP contribution in [0.1, 0.15) is 51.2 Å². The molecule has 3 rings (SSSR count). The van der Waals surface area contributed by atoms with Crippen LogP contribution >= 0.6 is 0 Å². The Hall–Kier alpha value is -2.86. The van der Waals surface area contributed by atoms with Gasteiger partial charge in [0.05, 0.1) is 18.0 Å². The monoisotopic (exact) mass is 331 g/mol. The van der Waals surface area contributed by atoms with E-state index in [0.29, 0.717) is 5.92 Å². The van der Waals surface area contributed by atoms with Crippen molar-refractivity contribution in [2.45, 2.75) is 40.0 Å². The minimum absolute atomic E-state index is 0.423. The van der Waals surface area contributed by atoms with Crippen molar-refractivity contribution in [1.82, 2.24) is 9.55 Å². The molecule has 0 bridgehead atoms. The van der Waals surface area contributed by atoms with Crippen LogP contribution in [0.2, 0.25) is 0 Å². The zero-order valence-corrected chi connectivity index (χ0v) is 15.4. The lowest BCUT2D eigenvalue weighted by Gasteiger charge is -2.16. The van der Waals surface area contributed by atoms with Gasteiger partial charge in [-0.2, -0.15) is 5.26 Å². The molecule has 0 amide bonds. The fraction of sp³-hybridized carbons (Fsp3) is 0.273. The first kappa shape index (κ1) is 18.5. The summed E-state index contributed by atoms with van der Waals surface area (Å²) >= 11 is 0. The molecule has 25 heavy (non-hydrogen) atoms. The molecule has 3 heteroatoms. The van der Waals surface area contributed by atoms with Crippen LogP contribution in [0.4, 0.5) is 0 Å². The fourth-order valence-corrected chi connectivity index (χ4v) is 2.75. The van der Waals surface area contributed by atoms with Crippen LogP contribution in [0.3, 0.4) is 0 Å². The molecule has 3 aromatic rings. The summed E-state index contributed by atoms with van der Waals surface area (Å²) in [7, 11) is 0. The topological polar surface area (TPSA) is 41.6 Å². The Balaban J connectivity index is 0.00000109. The van der Waals surface area contributed by atoms with Crippen LogP contribution in [0, 0.1) is 11.3 Å². The van der Waals surface area contributed by atoms with Gasteiger partial charge in [0.2, 0.25) is 0 Å². The molecule has 0 spiro atoms. The van der Waals surface area contributed by atoms with Gasteiger partial charge < -0.3 is 4.57 Å². The van der Waals surface area contributed by atoms with Gasteiger partial charge in [0.1, 0.15) is 0 Å². The van der Waals surface area contributed by atoms with Gasteiger partial charge in [-0.15, -0.1) is 0 Å². The lowest BCUT2D eigenvalue weighted by Crippen LogP contribution is -1.97. The Bertz CT molecular complexity index is 825. The number of rotatable bonds is 4. The summed E-state index contributed by atoms with van der Waals surface area (Å²) in [5.41, 5.74) is 5.43. The van der Waals surface area contributed by atoms with Gasteiger partial charge in [-0.3, -0.25) is 0 Å². The van der Waals surface area contributed by atoms with Crippen LogP contribution in [-0.2, 0) is 0 Å². The molecule has 128 valence electrons. The summed E-state index contributed by atoms with van der Waals surface area (Å²) in [4.78, 5) is 4.08. The van der Waals surface area contributed by atoms with E-state index in [0.717, 1.165) is 17.7 Å². The molecule has 1 aromatic heterocycles. The van der Waals surface area contributed by atoms with Crippen molar-refractivity contribution in [1.29, 1.82) is 5.26 Å². The number of imidazole rings is 1. The molecule has 1 heterocycles. The Morgan fingerprint density at radius 3 is 2.40 bits per heavy atom. The van der Waals surface area contributed by atoms with Gasteiger partial charge in [-0.05, 0) is 53.3 Å². The highest BCUT2D eigenvalue weighted by Crippen LogP contribution is 2.32. The molecule has 2 aromatic carbocycles. The van der Waals surface area contributed by atoms with Crippen LogP contribution in [0.25, 0.3) is 16.8 Å². The van der Waals surface area contributed by atoms with Gasteiger partial charge in [0.15, 0.2) is 0 Å². The highest BCUT2D eigenvalue weighted by atomic mass is 15.0. The average molecular weight is 331 g/mol. The Morgan fingerprint density at radius 1 is 1.12 bits per heavy atom. The maximum atomic E-state index is 9.16. The maximum Gasteiger partial charge on any atom is 0.0991 e. The molecule has 0 aliphatic rings. The number of nitriles is 1. The molecule has 1 unspecified atom stereocenters. The molecule has 0 saturated heterocycles. The number of hydrogen-bond acceptors (Lipinski definition) is 2. The lowest BCUT2D eigenvalue weighted by atomic mass is 9.89. The van der Waals surface area contributed by atoms with E-state index in [-0.39, 0.29) is 0 Å². The third-order valence-corrected chi connectivity index (χ3v) is 4.30. The lowest BCUT2D eigenvalue weighted by molar-refractivity contribution is 0.735.